The smallest absolute Gasteiger partial charge is 0.347 e. The summed E-state index contributed by atoms with van der Waals surface area (Å²) < 4.78 is 16.0. The minimum atomic E-state index is -0.646. The Kier molecular flexibility index (Phi) is 4.85. The number of carbonyl (C=O) groups excluding carboxylic acids is 1. The molecule has 0 aliphatic carbocycles. The fourth-order valence-electron chi connectivity index (χ4n) is 2.26. The van der Waals surface area contributed by atoms with Crippen molar-refractivity contribution >= 4 is 16.9 Å². The molecule has 0 amide bonds. The first-order valence-electron chi connectivity index (χ1n) is 7.34. The average Bonchev–Trinajstić information content (AvgIpc) is 2.45. The number of esters is 1. The third-order valence-corrected chi connectivity index (χ3v) is 3.44. The normalized spacial score (nSPS) is 12.2. The van der Waals surface area contributed by atoms with Gasteiger partial charge in [-0.3, -0.25) is 0 Å². The van der Waals surface area contributed by atoms with Crippen LogP contribution in [0.25, 0.3) is 11.0 Å². The molecule has 5 nitrogen and oxygen atoms in total. The van der Waals surface area contributed by atoms with Crippen LogP contribution in [0.5, 0.6) is 5.75 Å². The molecule has 0 spiro atoms. The predicted molar refractivity (Wildman–Crippen MR) is 83.3 cm³/mol. The van der Waals surface area contributed by atoms with E-state index in [-0.39, 0.29) is 11.6 Å². The molecule has 0 radical (unpaired) electrons. The van der Waals surface area contributed by atoms with E-state index in [0.29, 0.717) is 24.4 Å². The number of benzene rings is 1. The number of carbonyl (C=O) groups is 1. The highest BCUT2D eigenvalue weighted by atomic mass is 16.6. The van der Waals surface area contributed by atoms with Crippen molar-refractivity contribution in [1.82, 2.24) is 0 Å². The zero-order chi connectivity index (χ0) is 16.3. The van der Waals surface area contributed by atoms with E-state index in [2.05, 4.69) is 0 Å². The van der Waals surface area contributed by atoms with E-state index in [9.17, 15) is 9.59 Å². The van der Waals surface area contributed by atoms with Crippen molar-refractivity contribution in [2.75, 3.05) is 6.61 Å². The summed E-state index contributed by atoms with van der Waals surface area (Å²) in [5.41, 5.74) is 1.74. The van der Waals surface area contributed by atoms with Crippen LogP contribution in [0.3, 0.4) is 0 Å². The number of rotatable bonds is 5. The lowest BCUT2D eigenvalue weighted by molar-refractivity contribution is -0.151. The second kappa shape index (κ2) is 6.64. The van der Waals surface area contributed by atoms with E-state index in [1.165, 1.54) is 6.07 Å². The van der Waals surface area contributed by atoms with Crippen LogP contribution >= 0.6 is 0 Å². The first-order chi connectivity index (χ1) is 10.5. The van der Waals surface area contributed by atoms with Gasteiger partial charge in [0, 0.05) is 11.5 Å². The molecule has 0 saturated heterocycles. The Balaban J connectivity index is 2.41. The number of aryl methyl sites for hydroxylation is 2. The topological polar surface area (TPSA) is 65.7 Å². The van der Waals surface area contributed by atoms with Crippen LogP contribution in [-0.4, -0.2) is 18.7 Å². The summed E-state index contributed by atoms with van der Waals surface area (Å²) in [6, 6.07) is 4.98. The quantitative estimate of drug-likeness (QED) is 0.627. The molecule has 2 aromatic rings. The zero-order valence-corrected chi connectivity index (χ0v) is 13.3. The molecular weight excluding hydrogens is 284 g/mol. The van der Waals surface area contributed by atoms with Gasteiger partial charge in [-0.2, -0.15) is 0 Å². The van der Waals surface area contributed by atoms with E-state index >= 15 is 0 Å². The van der Waals surface area contributed by atoms with Crippen molar-refractivity contribution in [3.05, 3.63) is 39.7 Å². The molecule has 5 heteroatoms. The van der Waals surface area contributed by atoms with Crippen LogP contribution in [0, 0.1) is 13.8 Å². The molecule has 0 fully saturated rings. The Morgan fingerprint density at radius 1 is 1.18 bits per heavy atom. The lowest BCUT2D eigenvalue weighted by Gasteiger charge is -2.18. The van der Waals surface area contributed by atoms with Crippen molar-refractivity contribution in [1.29, 1.82) is 0 Å². The molecule has 1 aromatic heterocycles. The van der Waals surface area contributed by atoms with Crippen molar-refractivity contribution in [3.8, 4) is 5.75 Å². The molecule has 2 rings (SSSR count). The van der Waals surface area contributed by atoms with Gasteiger partial charge in [-0.05, 0) is 50.5 Å². The fourth-order valence-corrected chi connectivity index (χ4v) is 2.26. The minimum Gasteiger partial charge on any atom is -0.478 e. The van der Waals surface area contributed by atoms with Crippen LogP contribution in [-0.2, 0) is 9.53 Å². The molecule has 0 bridgehead atoms. The average molecular weight is 304 g/mol. The highest BCUT2D eigenvalue weighted by molar-refractivity contribution is 5.83. The highest BCUT2D eigenvalue weighted by Gasteiger charge is 2.21. The van der Waals surface area contributed by atoms with Gasteiger partial charge in [-0.15, -0.1) is 0 Å². The van der Waals surface area contributed by atoms with Crippen LogP contribution in [0.15, 0.2) is 27.4 Å². The first kappa shape index (κ1) is 16.1. The summed E-state index contributed by atoms with van der Waals surface area (Å²) in [5, 5.41) is 0.791. The summed E-state index contributed by atoms with van der Waals surface area (Å²) in [7, 11) is 0. The Bertz CT molecular complexity index is 745. The van der Waals surface area contributed by atoms with Gasteiger partial charge >= 0.3 is 11.6 Å². The Morgan fingerprint density at radius 3 is 2.55 bits per heavy atom. The van der Waals surface area contributed by atoms with Gasteiger partial charge in [0.05, 0.1) is 6.61 Å². The van der Waals surface area contributed by atoms with Gasteiger partial charge in [0.15, 0.2) is 6.10 Å². The van der Waals surface area contributed by atoms with Gasteiger partial charge < -0.3 is 13.9 Å². The predicted octanol–water partition coefficient (Wildman–Crippen LogP) is 3.13. The summed E-state index contributed by atoms with van der Waals surface area (Å²) in [5.74, 6) is 0.213. The van der Waals surface area contributed by atoms with Crippen LogP contribution in [0.1, 0.15) is 31.4 Å². The zero-order valence-electron chi connectivity index (χ0n) is 13.3. The lowest BCUT2D eigenvalue weighted by Crippen LogP contribution is -2.28. The Labute approximate surface area is 128 Å². The molecule has 0 aliphatic heterocycles. The third kappa shape index (κ3) is 3.30. The number of hydrogen-bond acceptors (Lipinski definition) is 5. The second-order valence-electron chi connectivity index (χ2n) is 5.13. The van der Waals surface area contributed by atoms with Crippen LogP contribution < -0.4 is 10.4 Å². The molecular formula is C17H20O5. The molecule has 1 aromatic carbocycles. The lowest BCUT2D eigenvalue weighted by atomic mass is 10.1. The molecule has 0 aliphatic rings. The maximum Gasteiger partial charge on any atom is 0.347 e. The van der Waals surface area contributed by atoms with Gasteiger partial charge in [-0.1, -0.05) is 6.92 Å². The molecule has 1 atom stereocenters. The third-order valence-electron chi connectivity index (χ3n) is 3.44. The molecule has 1 unspecified atom stereocenters. The SMILES string of the molecule is CCOC(=O)C(CC)Oc1cc2c(C)cc(=O)oc2cc1C. The van der Waals surface area contributed by atoms with E-state index in [1.54, 1.807) is 19.1 Å². The molecule has 118 valence electrons. The van der Waals surface area contributed by atoms with Crippen molar-refractivity contribution in [2.24, 2.45) is 0 Å². The van der Waals surface area contributed by atoms with E-state index < -0.39 is 6.10 Å². The van der Waals surface area contributed by atoms with Crippen molar-refractivity contribution < 1.29 is 18.7 Å². The highest BCUT2D eigenvalue weighted by Crippen LogP contribution is 2.28. The fraction of sp³-hybridized carbons (Fsp3) is 0.412. The van der Waals surface area contributed by atoms with Gasteiger partial charge in [0.25, 0.3) is 0 Å². The van der Waals surface area contributed by atoms with E-state index in [0.717, 1.165) is 16.5 Å². The number of ether oxygens (including phenoxy) is 2. The van der Waals surface area contributed by atoms with Gasteiger partial charge in [0.1, 0.15) is 11.3 Å². The maximum absolute atomic E-state index is 11.9. The Hall–Kier alpha value is -2.30. The van der Waals surface area contributed by atoms with Gasteiger partial charge in [-0.25, -0.2) is 9.59 Å². The van der Waals surface area contributed by atoms with Crippen LogP contribution in [0.4, 0.5) is 0 Å². The number of hydrogen-bond donors (Lipinski definition) is 0. The summed E-state index contributed by atoms with van der Waals surface area (Å²) in [6.07, 6.45) is -0.133. The summed E-state index contributed by atoms with van der Waals surface area (Å²) >= 11 is 0. The number of fused-ring (bicyclic) bond motifs is 1. The maximum atomic E-state index is 11.9. The largest absolute Gasteiger partial charge is 0.478 e. The molecule has 0 saturated carbocycles. The van der Waals surface area contributed by atoms with Crippen molar-refractivity contribution in [3.63, 3.8) is 0 Å². The van der Waals surface area contributed by atoms with Gasteiger partial charge in [0.2, 0.25) is 0 Å². The van der Waals surface area contributed by atoms with E-state index in [1.807, 2.05) is 20.8 Å². The molecule has 0 N–H and O–H groups in total. The van der Waals surface area contributed by atoms with E-state index in [4.69, 9.17) is 13.9 Å². The van der Waals surface area contributed by atoms with Crippen molar-refractivity contribution in [2.45, 2.75) is 40.2 Å². The monoisotopic (exact) mass is 304 g/mol. The van der Waals surface area contributed by atoms with Crippen LogP contribution in [0.2, 0.25) is 0 Å². The Morgan fingerprint density at radius 2 is 1.91 bits per heavy atom. The molecule has 22 heavy (non-hydrogen) atoms. The summed E-state index contributed by atoms with van der Waals surface area (Å²) in [4.78, 5) is 23.3. The minimum absolute atomic E-state index is 0.319. The first-order valence-corrected chi connectivity index (χ1v) is 7.34. The molecule has 1 heterocycles. The standard InChI is InChI=1S/C17H20O5/c1-5-13(17(19)20-6-2)21-14-9-12-10(3)8-16(18)22-15(12)7-11(14)4/h7-9,13H,5-6H2,1-4H3. The summed E-state index contributed by atoms with van der Waals surface area (Å²) in [6.45, 7) is 7.62. The second-order valence-corrected chi connectivity index (χ2v) is 5.13.